The highest BCUT2D eigenvalue weighted by Crippen LogP contribution is 2.09. The summed E-state index contributed by atoms with van der Waals surface area (Å²) in [4.78, 5) is 15.6. The van der Waals surface area contributed by atoms with Crippen molar-refractivity contribution in [1.82, 2.24) is 10.3 Å². The molecule has 1 aromatic rings. The first kappa shape index (κ1) is 17.4. The van der Waals surface area contributed by atoms with Crippen LogP contribution in [0, 0.1) is 0 Å². The second-order valence-corrected chi connectivity index (χ2v) is 6.30. The van der Waals surface area contributed by atoms with E-state index >= 15 is 0 Å². The molecular formula is C13H21N3O4S. The van der Waals surface area contributed by atoms with E-state index in [9.17, 15) is 13.2 Å². The van der Waals surface area contributed by atoms with Crippen molar-refractivity contribution >= 4 is 21.6 Å². The molecule has 0 saturated carbocycles. The second-order valence-electron chi connectivity index (χ2n) is 4.46. The SMILES string of the molecule is CCCCS(=O)(=O)Nc1ccc(C(=O)NCCOC)nc1. The number of nitrogens with one attached hydrogen (secondary N) is 2. The van der Waals surface area contributed by atoms with Crippen LogP contribution in [0.3, 0.4) is 0 Å². The van der Waals surface area contributed by atoms with E-state index in [0.717, 1.165) is 6.42 Å². The normalized spacial score (nSPS) is 11.1. The maximum Gasteiger partial charge on any atom is 0.269 e. The van der Waals surface area contributed by atoms with Gasteiger partial charge in [-0.1, -0.05) is 13.3 Å². The van der Waals surface area contributed by atoms with Crippen molar-refractivity contribution in [3.63, 3.8) is 0 Å². The number of hydrogen-bond donors (Lipinski definition) is 2. The van der Waals surface area contributed by atoms with Crippen molar-refractivity contribution in [3.8, 4) is 0 Å². The number of carbonyl (C=O) groups excluding carboxylic acids is 1. The van der Waals surface area contributed by atoms with Crippen molar-refractivity contribution in [3.05, 3.63) is 24.0 Å². The molecule has 7 nitrogen and oxygen atoms in total. The Bertz CT molecular complexity index is 543. The molecule has 0 fully saturated rings. The Kier molecular flexibility index (Phi) is 7.10. The quantitative estimate of drug-likeness (QED) is 0.663. The summed E-state index contributed by atoms with van der Waals surface area (Å²) in [5, 5.41) is 2.63. The van der Waals surface area contributed by atoms with Crippen molar-refractivity contribution in [1.29, 1.82) is 0 Å². The number of sulfonamides is 1. The molecule has 0 radical (unpaired) electrons. The van der Waals surface area contributed by atoms with E-state index in [0.29, 0.717) is 25.3 Å². The van der Waals surface area contributed by atoms with E-state index in [-0.39, 0.29) is 17.4 Å². The number of anilines is 1. The van der Waals surface area contributed by atoms with Crippen LogP contribution in [-0.2, 0) is 14.8 Å². The fraction of sp³-hybridized carbons (Fsp3) is 0.538. The number of carbonyl (C=O) groups is 1. The summed E-state index contributed by atoms with van der Waals surface area (Å²) in [5.74, 6) is -0.254. The van der Waals surface area contributed by atoms with Crippen LogP contribution in [0.2, 0.25) is 0 Å². The first-order valence-corrected chi connectivity index (χ1v) is 8.37. The van der Waals surface area contributed by atoms with E-state index in [1.165, 1.54) is 18.3 Å². The Morgan fingerprint density at radius 3 is 2.71 bits per heavy atom. The average molecular weight is 315 g/mol. The number of pyridine rings is 1. The summed E-state index contributed by atoms with van der Waals surface area (Å²) in [6.45, 7) is 2.73. The smallest absolute Gasteiger partial charge is 0.269 e. The van der Waals surface area contributed by atoms with Gasteiger partial charge in [-0.15, -0.1) is 0 Å². The number of methoxy groups -OCH3 is 1. The number of unbranched alkanes of at least 4 members (excludes halogenated alkanes) is 1. The highest BCUT2D eigenvalue weighted by atomic mass is 32.2. The number of rotatable bonds is 9. The van der Waals surface area contributed by atoms with Gasteiger partial charge >= 0.3 is 0 Å². The Morgan fingerprint density at radius 1 is 1.38 bits per heavy atom. The third-order valence-electron chi connectivity index (χ3n) is 2.63. The van der Waals surface area contributed by atoms with Gasteiger partial charge in [-0.05, 0) is 18.6 Å². The summed E-state index contributed by atoms with van der Waals surface area (Å²) >= 11 is 0. The zero-order valence-corrected chi connectivity index (χ0v) is 13.1. The van der Waals surface area contributed by atoms with Gasteiger partial charge in [0.15, 0.2) is 0 Å². The predicted octanol–water partition coefficient (Wildman–Crippen LogP) is 1.000. The molecule has 0 aliphatic carbocycles. The number of ether oxygens (including phenoxy) is 1. The molecule has 21 heavy (non-hydrogen) atoms. The molecule has 1 aromatic heterocycles. The molecule has 0 aromatic carbocycles. The zero-order valence-electron chi connectivity index (χ0n) is 12.3. The van der Waals surface area contributed by atoms with Crippen LogP contribution < -0.4 is 10.0 Å². The minimum atomic E-state index is -3.35. The second kappa shape index (κ2) is 8.58. The zero-order chi connectivity index (χ0) is 15.7. The third-order valence-corrected chi connectivity index (χ3v) is 4.00. The van der Waals surface area contributed by atoms with Crippen molar-refractivity contribution in [2.24, 2.45) is 0 Å². The number of amides is 1. The highest BCUT2D eigenvalue weighted by molar-refractivity contribution is 7.92. The van der Waals surface area contributed by atoms with E-state index in [4.69, 9.17) is 4.74 Å². The van der Waals surface area contributed by atoms with Crippen LogP contribution >= 0.6 is 0 Å². The molecule has 0 bridgehead atoms. The number of aromatic nitrogens is 1. The van der Waals surface area contributed by atoms with Crippen molar-refractivity contribution in [2.45, 2.75) is 19.8 Å². The minimum Gasteiger partial charge on any atom is -0.383 e. The van der Waals surface area contributed by atoms with Crippen LogP contribution in [0.4, 0.5) is 5.69 Å². The molecule has 2 N–H and O–H groups in total. The van der Waals surface area contributed by atoms with E-state index in [1.54, 1.807) is 7.11 Å². The lowest BCUT2D eigenvalue weighted by Crippen LogP contribution is -2.27. The maximum atomic E-state index is 11.7. The van der Waals surface area contributed by atoms with E-state index < -0.39 is 10.0 Å². The topological polar surface area (TPSA) is 97.4 Å². The van der Waals surface area contributed by atoms with E-state index in [2.05, 4.69) is 15.0 Å². The minimum absolute atomic E-state index is 0.0722. The monoisotopic (exact) mass is 315 g/mol. The molecule has 0 atom stereocenters. The van der Waals surface area contributed by atoms with Crippen LogP contribution in [-0.4, -0.2) is 45.3 Å². The summed E-state index contributed by atoms with van der Waals surface area (Å²) in [6, 6.07) is 2.99. The van der Waals surface area contributed by atoms with Gasteiger partial charge in [0.05, 0.1) is 24.2 Å². The molecule has 1 amide bonds. The molecule has 1 rings (SSSR count). The lowest BCUT2D eigenvalue weighted by molar-refractivity contribution is 0.0932. The van der Waals surface area contributed by atoms with Gasteiger partial charge in [-0.25, -0.2) is 13.4 Å². The maximum absolute atomic E-state index is 11.7. The Morgan fingerprint density at radius 2 is 2.14 bits per heavy atom. The molecular weight excluding hydrogens is 294 g/mol. The number of nitrogens with zero attached hydrogens (tertiary/aromatic N) is 1. The van der Waals surface area contributed by atoms with Crippen molar-refractivity contribution in [2.75, 3.05) is 30.7 Å². The van der Waals surface area contributed by atoms with Crippen LogP contribution in [0.25, 0.3) is 0 Å². The van der Waals surface area contributed by atoms with Gasteiger partial charge in [0.25, 0.3) is 5.91 Å². The van der Waals surface area contributed by atoms with Gasteiger partial charge in [0, 0.05) is 13.7 Å². The molecule has 1 heterocycles. The lowest BCUT2D eigenvalue weighted by atomic mass is 10.3. The van der Waals surface area contributed by atoms with E-state index in [1.807, 2.05) is 6.92 Å². The Hall–Kier alpha value is -1.67. The van der Waals surface area contributed by atoms with Crippen LogP contribution in [0.1, 0.15) is 30.3 Å². The molecule has 0 saturated heterocycles. The van der Waals surface area contributed by atoms with Gasteiger partial charge < -0.3 is 10.1 Å². The molecule has 8 heteroatoms. The van der Waals surface area contributed by atoms with Crippen LogP contribution in [0.15, 0.2) is 18.3 Å². The van der Waals surface area contributed by atoms with Gasteiger partial charge in [0.1, 0.15) is 5.69 Å². The largest absolute Gasteiger partial charge is 0.383 e. The van der Waals surface area contributed by atoms with Crippen molar-refractivity contribution < 1.29 is 17.9 Å². The number of hydrogen-bond acceptors (Lipinski definition) is 5. The summed E-state index contributed by atoms with van der Waals surface area (Å²) in [5.41, 5.74) is 0.571. The fourth-order valence-electron chi connectivity index (χ4n) is 1.51. The fourth-order valence-corrected chi connectivity index (χ4v) is 2.76. The molecule has 0 spiro atoms. The lowest BCUT2D eigenvalue weighted by Gasteiger charge is -2.08. The molecule has 118 valence electrons. The Labute approximate surface area is 125 Å². The molecule has 0 unspecified atom stereocenters. The Balaban J connectivity index is 2.59. The first-order valence-electron chi connectivity index (χ1n) is 6.72. The van der Waals surface area contributed by atoms with Gasteiger partial charge in [-0.2, -0.15) is 0 Å². The highest BCUT2D eigenvalue weighted by Gasteiger charge is 2.11. The molecule has 0 aliphatic rings. The van der Waals surface area contributed by atoms with Gasteiger partial charge in [-0.3, -0.25) is 9.52 Å². The first-order chi connectivity index (χ1) is 9.98. The predicted molar refractivity (Wildman–Crippen MR) is 80.8 cm³/mol. The van der Waals surface area contributed by atoms with Gasteiger partial charge in [0.2, 0.25) is 10.0 Å². The molecule has 0 aliphatic heterocycles. The summed E-state index contributed by atoms with van der Waals surface area (Å²) in [7, 11) is -1.81. The third kappa shape index (κ3) is 6.54. The summed E-state index contributed by atoms with van der Waals surface area (Å²) < 4.78 is 30.7. The summed E-state index contributed by atoms with van der Waals surface area (Å²) in [6.07, 6.45) is 2.73. The van der Waals surface area contributed by atoms with Crippen LogP contribution in [0.5, 0.6) is 0 Å². The standard InChI is InChI=1S/C13H21N3O4S/c1-3-4-9-21(18,19)16-11-5-6-12(15-10-11)13(17)14-7-8-20-2/h5-6,10,16H,3-4,7-9H2,1-2H3,(H,14,17). The average Bonchev–Trinajstić information content (AvgIpc) is 2.46.